The van der Waals surface area contributed by atoms with Crippen LogP contribution < -0.4 is 9.04 Å². The van der Waals surface area contributed by atoms with Crippen LogP contribution in [0.4, 0.5) is 5.69 Å². The van der Waals surface area contributed by atoms with Crippen LogP contribution in [-0.4, -0.2) is 21.1 Å². The van der Waals surface area contributed by atoms with Gasteiger partial charge in [0.05, 0.1) is 17.1 Å². The SMILES string of the molecule is CCc1ccc(S(=O)(=O)N2CC(CC)Oc3ccccc32)cc1. The van der Waals surface area contributed by atoms with Crippen LogP contribution in [0.1, 0.15) is 25.8 Å². The van der Waals surface area contributed by atoms with Crippen molar-refractivity contribution in [2.24, 2.45) is 0 Å². The van der Waals surface area contributed by atoms with Gasteiger partial charge in [-0.05, 0) is 42.7 Å². The molecule has 4 nitrogen and oxygen atoms in total. The molecular formula is C18H21NO3S. The predicted octanol–water partition coefficient (Wildman–Crippen LogP) is 3.62. The summed E-state index contributed by atoms with van der Waals surface area (Å²) in [6, 6.07) is 14.4. The Morgan fingerprint density at radius 2 is 1.78 bits per heavy atom. The van der Waals surface area contributed by atoms with E-state index in [0.717, 1.165) is 18.4 Å². The first-order valence-electron chi connectivity index (χ1n) is 7.93. The molecule has 0 aromatic heterocycles. The monoisotopic (exact) mass is 331 g/mol. The van der Waals surface area contributed by atoms with Crippen molar-refractivity contribution < 1.29 is 13.2 Å². The lowest BCUT2D eigenvalue weighted by atomic mass is 10.2. The van der Waals surface area contributed by atoms with Gasteiger partial charge in [0.2, 0.25) is 0 Å². The van der Waals surface area contributed by atoms with Gasteiger partial charge in [-0.25, -0.2) is 8.42 Å². The summed E-state index contributed by atoms with van der Waals surface area (Å²) in [7, 11) is -3.59. The second kappa shape index (κ2) is 6.24. The molecule has 1 aliphatic rings. The molecule has 1 heterocycles. The van der Waals surface area contributed by atoms with Gasteiger partial charge in [0.15, 0.2) is 0 Å². The topological polar surface area (TPSA) is 46.6 Å². The van der Waals surface area contributed by atoms with Crippen molar-refractivity contribution in [2.45, 2.75) is 37.7 Å². The molecule has 0 radical (unpaired) electrons. The van der Waals surface area contributed by atoms with Crippen molar-refractivity contribution in [3.8, 4) is 5.75 Å². The molecule has 2 aromatic rings. The Kier molecular flexibility index (Phi) is 4.31. The van der Waals surface area contributed by atoms with Crippen molar-refractivity contribution in [2.75, 3.05) is 10.8 Å². The first-order valence-corrected chi connectivity index (χ1v) is 9.37. The van der Waals surface area contributed by atoms with Gasteiger partial charge in [-0.1, -0.05) is 38.1 Å². The highest BCUT2D eigenvalue weighted by Gasteiger charge is 2.33. The lowest BCUT2D eigenvalue weighted by molar-refractivity contribution is 0.196. The average Bonchev–Trinajstić information content (AvgIpc) is 2.60. The molecule has 1 atom stereocenters. The number of benzene rings is 2. The van der Waals surface area contributed by atoms with Crippen molar-refractivity contribution >= 4 is 15.7 Å². The van der Waals surface area contributed by atoms with Gasteiger partial charge in [0.1, 0.15) is 11.9 Å². The fourth-order valence-electron chi connectivity index (χ4n) is 2.73. The van der Waals surface area contributed by atoms with Gasteiger partial charge in [-0.15, -0.1) is 0 Å². The van der Waals surface area contributed by atoms with E-state index < -0.39 is 10.0 Å². The Labute approximate surface area is 137 Å². The van der Waals surface area contributed by atoms with Gasteiger partial charge >= 0.3 is 0 Å². The molecule has 0 amide bonds. The molecule has 0 aliphatic carbocycles. The molecular weight excluding hydrogens is 310 g/mol. The highest BCUT2D eigenvalue weighted by Crippen LogP contribution is 2.37. The molecule has 0 bridgehead atoms. The lowest BCUT2D eigenvalue weighted by Gasteiger charge is -2.35. The number of ether oxygens (including phenoxy) is 1. The number of nitrogens with zero attached hydrogens (tertiary/aromatic N) is 1. The number of fused-ring (bicyclic) bond motifs is 1. The fraction of sp³-hybridized carbons (Fsp3) is 0.333. The molecule has 0 saturated heterocycles. The standard InChI is InChI=1S/C18H21NO3S/c1-3-14-9-11-16(12-10-14)23(20,21)19-13-15(4-2)22-18-8-6-5-7-17(18)19/h5-12,15H,3-4,13H2,1-2H3. The highest BCUT2D eigenvalue weighted by atomic mass is 32.2. The summed E-state index contributed by atoms with van der Waals surface area (Å²) < 4.78 is 33.5. The van der Waals surface area contributed by atoms with Gasteiger partial charge < -0.3 is 4.74 Å². The first kappa shape index (κ1) is 15.9. The largest absolute Gasteiger partial charge is 0.486 e. The fourth-order valence-corrected chi connectivity index (χ4v) is 4.23. The van der Waals surface area contributed by atoms with Crippen molar-refractivity contribution in [1.29, 1.82) is 0 Å². The van der Waals surface area contributed by atoms with E-state index in [0.29, 0.717) is 22.9 Å². The maximum absolute atomic E-state index is 13.1. The van der Waals surface area contributed by atoms with Gasteiger partial charge in [-0.3, -0.25) is 4.31 Å². The van der Waals surface area contributed by atoms with Crippen LogP contribution >= 0.6 is 0 Å². The van der Waals surface area contributed by atoms with E-state index >= 15 is 0 Å². The number of hydrogen-bond donors (Lipinski definition) is 0. The summed E-state index contributed by atoms with van der Waals surface area (Å²) in [6.45, 7) is 4.39. The van der Waals surface area contributed by atoms with Crippen LogP contribution in [0, 0.1) is 0 Å². The summed E-state index contributed by atoms with van der Waals surface area (Å²) in [4.78, 5) is 0.321. The quantitative estimate of drug-likeness (QED) is 0.860. The Hall–Kier alpha value is -2.01. The molecule has 0 saturated carbocycles. The molecule has 0 spiro atoms. The summed E-state index contributed by atoms with van der Waals surface area (Å²) in [5.74, 6) is 0.624. The molecule has 1 aliphatic heterocycles. The van der Waals surface area contributed by atoms with E-state index in [9.17, 15) is 8.42 Å². The number of anilines is 1. The molecule has 0 fully saturated rings. The molecule has 122 valence electrons. The molecule has 0 N–H and O–H groups in total. The van der Waals surface area contributed by atoms with Crippen molar-refractivity contribution in [3.63, 3.8) is 0 Å². The van der Waals surface area contributed by atoms with Crippen molar-refractivity contribution in [3.05, 3.63) is 54.1 Å². The average molecular weight is 331 g/mol. The molecule has 23 heavy (non-hydrogen) atoms. The number of sulfonamides is 1. The number of hydrogen-bond acceptors (Lipinski definition) is 3. The van der Waals surface area contributed by atoms with Crippen LogP contribution in [0.5, 0.6) is 5.75 Å². The number of para-hydroxylation sites is 2. The van der Waals surface area contributed by atoms with E-state index in [1.165, 1.54) is 4.31 Å². The van der Waals surface area contributed by atoms with E-state index in [1.54, 1.807) is 18.2 Å². The van der Waals surface area contributed by atoms with E-state index in [2.05, 4.69) is 0 Å². The van der Waals surface area contributed by atoms with E-state index in [4.69, 9.17) is 4.74 Å². The zero-order valence-electron chi connectivity index (χ0n) is 13.4. The summed E-state index contributed by atoms with van der Waals surface area (Å²) in [5, 5.41) is 0. The lowest BCUT2D eigenvalue weighted by Crippen LogP contribution is -2.43. The molecule has 2 aromatic carbocycles. The van der Waals surface area contributed by atoms with Crippen LogP contribution in [0.3, 0.4) is 0 Å². The van der Waals surface area contributed by atoms with E-state index in [1.807, 2.05) is 44.2 Å². The van der Waals surface area contributed by atoms with Crippen LogP contribution in [-0.2, 0) is 16.4 Å². The third-order valence-corrected chi connectivity index (χ3v) is 5.97. The summed E-state index contributed by atoms with van der Waals surface area (Å²) >= 11 is 0. The van der Waals surface area contributed by atoms with Gasteiger partial charge in [0.25, 0.3) is 10.0 Å². The Bertz CT molecular complexity index is 784. The minimum absolute atomic E-state index is 0.130. The first-order chi connectivity index (χ1) is 11.1. The van der Waals surface area contributed by atoms with E-state index in [-0.39, 0.29) is 6.10 Å². The second-order valence-electron chi connectivity index (χ2n) is 5.65. The number of aryl methyl sites for hydroxylation is 1. The van der Waals surface area contributed by atoms with Crippen LogP contribution in [0.2, 0.25) is 0 Å². The molecule has 3 rings (SSSR count). The maximum atomic E-state index is 13.1. The predicted molar refractivity (Wildman–Crippen MR) is 91.5 cm³/mol. The highest BCUT2D eigenvalue weighted by molar-refractivity contribution is 7.92. The van der Waals surface area contributed by atoms with Crippen LogP contribution in [0.15, 0.2) is 53.4 Å². The van der Waals surface area contributed by atoms with Crippen LogP contribution in [0.25, 0.3) is 0 Å². The third kappa shape index (κ3) is 2.93. The Balaban J connectivity index is 2.04. The minimum atomic E-state index is -3.59. The zero-order chi connectivity index (χ0) is 16.4. The van der Waals surface area contributed by atoms with Crippen molar-refractivity contribution in [1.82, 2.24) is 0 Å². The molecule has 5 heteroatoms. The normalized spacial score (nSPS) is 17.5. The zero-order valence-corrected chi connectivity index (χ0v) is 14.2. The Morgan fingerprint density at radius 1 is 1.09 bits per heavy atom. The smallest absolute Gasteiger partial charge is 0.264 e. The number of rotatable bonds is 4. The summed E-state index contributed by atoms with van der Waals surface area (Å²) in [5.41, 5.74) is 1.73. The maximum Gasteiger partial charge on any atom is 0.264 e. The summed E-state index contributed by atoms with van der Waals surface area (Å²) in [6.07, 6.45) is 1.52. The second-order valence-corrected chi connectivity index (χ2v) is 7.51. The third-order valence-electron chi connectivity index (χ3n) is 4.17. The van der Waals surface area contributed by atoms with Gasteiger partial charge in [0, 0.05) is 0 Å². The molecule has 1 unspecified atom stereocenters. The minimum Gasteiger partial charge on any atom is -0.486 e. The van der Waals surface area contributed by atoms with Gasteiger partial charge in [-0.2, -0.15) is 0 Å². The Morgan fingerprint density at radius 3 is 2.43 bits per heavy atom.